The number of benzene rings is 1. The lowest BCUT2D eigenvalue weighted by atomic mass is 10.0. The Morgan fingerprint density at radius 2 is 2.00 bits per heavy atom. The molecule has 1 aliphatic heterocycles. The fourth-order valence-corrected chi connectivity index (χ4v) is 1.96. The smallest absolute Gasteiger partial charge is 0.159 e. The fourth-order valence-electron chi connectivity index (χ4n) is 1.50. The molecule has 0 fully saturated rings. The normalized spacial score (nSPS) is 21.3. The molecule has 1 aromatic carbocycles. The summed E-state index contributed by atoms with van der Waals surface area (Å²) in [5.41, 5.74) is 1.02. The molecule has 0 aromatic heterocycles. The molecule has 1 aliphatic rings. The highest BCUT2D eigenvalue weighted by molar-refractivity contribution is 9.11. The molecule has 1 unspecified atom stereocenters. The summed E-state index contributed by atoms with van der Waals surface area (Å²) in [7, 11) is 0. The molecule has 14 heavy (non-hydrogen) atoms. The van der Waals surface area contributed by atoms with Crippen molar-refractivity contribution < 1.29 is 9.13 Å². The average Bonchev–Trinajstić information content (AvgIpc) is 2.19. The molecule has 0 spiro atoms. The SMILES string of the molecule is Fc1ccc(C2CCC=C(Br)O2)cc1. The van der Waals surface area contributed by atoms with Gasteiger partial charge in [0.1, 0.15) is 11.9 Å². The van der Waals surface area contributed by atoms with E-state index in [1.54, 1.807) is 12.1 Å². The van der Waals surface area contributed by atoms with Crippen LogP contribution in [0.2, 0.25) is 0 Å². The lowest BCUT2D eigenvalue weighted by Crippen LogP contribution is -2.06. The van der Waals surface area contributed by atoms with Crippen molar-refractivity contribution in [1.82, 2.24) is 0 Å². The first-order chi connectivity index (χ1) is 6.75. The van der Waals surface area contributed by atoms with Crippen molar-refractivity contribution in [1.29, 1.82) is 0 Å². The molecule has 1 aromatic rings. The second-order valence-corrected chi connectivity index (χ2v) is 4.03. The Morgan fingerprint density at radius 1 is 1.29 bits per heavy atom. The number of halogens is 2. The molecule has 0 N–H and O–H groups in total. The predicted molar refractivity (Wildman–Crippen MR) is 56.5 cm³/mol. The summed E-state index contributed by atoms with van der Waals surface area (Å²) >= 11 is 3.31. The van der Waals surface area contributed by atoms with Gasteiger partial charge in [0.2, 0.25) is 0 Å². The van der Waals surface area contributed by atoms with Gasteiger partial charge < -0.3 is 4.74 Å². The number of rotatable bonds is 1. The summed E-state index contributed by atoms with van der Waals surface area (Å²) in [6.07, 6.45) is 3.98. The highest BCUT2D eigenvalue weighted by Crippen LogP contribution is 2.32. The van der Waals surface area contributed by atoms with Crippen LogP contribution in [0.1, 0.15) is 24.5 Å². The number of hydrogen-bond acceptors (Lipinski definition) is 1. The highest BCUT2D eigenvalue weighted by Gasteiger charge is 2.16. The van der Waals surface area contributed by atoms with Crippen molar-refractivity contribution in [3.63, 3.8) is 0 Å². The lowest BCUT2D eigenvalue weighted by molar-refractivity contribution is 0.118. The van der Waals surface area contributed by atoms with Gasteiger partial charge in [-0.3, -0.25) is 0 Å². The van der Waals surface area contributed by atoms with Gasteiger partial charge >= 0.3 is 0 Å². The van der Waals surface area contributed by atoms with Gasteiger partial charge in [0.05, 0.1) is 0 Å². The molecule has 0 radical (unpaired) electrons. The molecule has 0 saturated carbocycles. The Bertz CT molecular complexity index is 345. The van der Waals surface area contributed by atoms with E-state index in [-0.39, 0.29) is 11.9 Å². The third kappa shape index (κ3) is 2.15. The second-order valence-electron chi connectivity index (χ2n) is 3.24. The van der Waals surface area contributed by atoms with Crippen molar-refractivity contribution in [3.05, 3.63) is 46.4 Å². The number of allylic oxidation sites excluding steroid dienone is 1. The van der Waals surface area contributed by atoms with Crippen LogP contribution in [-0.2, 0) is 4.74 Å². The van der Waals surface area contributed by atoms with Gasteiger partial charge in [-0.2, -0.15) is 0 Å². The van der Waals surface area contributed by atoms with E-state index < -0.39 is 0 Å². The van der Waals surface area contributed by atoms with Crippen molar-refractivity contribution in [2.75, 3.05) is 0 Å². The molecular formula is C11H10BrFO. The number of ether oxygens (including phenoxy) is 1. The molecule has 0 amide bonds. The van der Waals surface area contributed by atoms with Gasteiger partial charge in [-0.1, -0.05) is 12.1 Å². The van der Waals surface area contributed by atoms with Crippen LogP contribution in [0.5, 0.6) is 0 Å². The first kappa shape index (κ1) is 9.71. The summed E-state index contributed by atoms with van der Waals surface area (Å²) in [6, 6.07) is 6.47. The highest BCUT2D eigenvalue weighted by atomic mass is 79.9. The van der Waals surface area contributed by atoms with Crippen LogP contribution >= 0.6 is 15.9 Å². The van der Waals surface area contributed by atoms with E-state index >= 15 is 0 Å². The Balaban J connectivity index is 2.16. The molecule has 0 aliphatic carbocycles. The van der Waals surface area contributed by atoms with Crippen LogP contribution in [-0.4, -0.2) is 0 Å². The van der Waals surface area contributed by atoms with Crippen LogP contribution in [0.15, 0.2) is 35.0 Å². The zero-order chi connectivity index (χ0) is 9.97. The zero-order valence-electron chi connectivity index (χ0n) is 7.54. The van der Waals surface area contributed by atoms with Crippen LogP contribution in [0.3, 0.4) is 0 Å². The topological polar surface area (TPSA) is 9.23 Å². The minimum absolute atomic E-state index is 0.0509. The quantitative estimate of drug-likeness (QED) is 0.741. The van der Waals surface area contributed by atoms with Gasteiger partial charge in [-0.05, 0) is 52.5 Å². The van der Waals surface area contributed by atoms with Crippen LogP contribution in [0, 0.1) is 5.82 Å². The molecule has 3 heteroatoms. The first-order valence-corrected chi connectivity index (χ1v) is 5.33. The lowest BCUT2D eigenvalue weighted by Gasteiger charge is -2.22. The van der Waals surface area contributed by atoms with E-state index in [1.165, 1.54) is 12.1 Å². The second kappa shape index (κ2) is 4.13. The summed E-state index contributed by atoms with van der Waals surface area (Å²) in [5, 5.41) is 0. The average molecular weight is 257 g/mol. The maximum atomic E-state index is 12.7. The maximum absolute atomic E-state index is 12.7. The third-order valence-electron chi connectivity index (χ3n) is 2.23. The van der Waals surface area contributed by atoms with Crippen LogP contribution in [0.25, 0.3) is 0 Å². The van der Waals surface area contributed by atoms with Gasteiger partial charge in [-0.25, -0.2) is 4.39 Å². The number of hydrogen-bond donors (Lipinski definition) is 0. The van der Waals surface area contributed by atoms with Gasteiger partial charge in [-0.15, -0.1) is 0 Å². The molecular weight excluding hydrogens is 247 g/mol. The summed E-state index contributed by atoms with van der Waals surface area (Å²) < 4.78 is 19.0. The van der Waals surface area contributed by atoms with Crippen molar-refractivity contribution in [3.8, 4) is 0 Å². The van der Waals surface area contributed by atoms with Crippen LogP contribution < -0.4 is 0 Å². The summed E-state index contributed by atoms with van der Waals surface area (Å²) in [5.74, 6) is -0.209. The van der Waals surface area contributed by atoms with Crippen molar-refractivity contribution in [2.45, 2.75) is 18.9 Å². The van der Waals surface area contributed by atoms with E-state index in [0.29, 0.717) is 0 Å². The zero-order valence-corrected chi connectivity index (χ0v) is 9.13. The Kier molecular flexibility index (Phi) is 2.87. The van der Waals surface area contributed by atoms with E-state index in [9.17, 15) is 4.39 Å². The standard InChI is InChI=1S/C11H10BrFO/c12-11-3-1-2-10(14-11)8-4-6-9(13)7-5-8/h3-7,10H,1-2H2. The molecule has 1 atom stereocenters. The van der Waals surface area contributed by atoms with Crippen molar-refractivity contribution >= 4 is 15.9 Å². The third-order valence-corrected chi connectivity index (χ3v) is 2.74. The molecule has 0 saturated heterocycles. The first-order valence-electron chi connectivity index (χ1n) is 4.53. The minimum atomic E-state index is -0.209. The molecule has 2 rings (SSSR count). The Hall–Kier alpha value is -0.830. The van der Waals surface area contributed by atoms with E-state index in [0.717, 1.165) is 23.1 Å². The molecule has 1 nitrogen and oxygen atoms in total. The maximum Gasteiger partial charge on any atom is 0.159 e. The van der Waals surface area contributed by atoms with E-state index in [4.69, 9.17) is 4.74 Å². The molecule has 0 bridgehead atoms. The molecule has 1 heterocycles. The van der Waals surface area contributed by atoms with E-state index in [2.05, 4.69) is 15.9 Å². The summed E-state index contributed by atoms with van der Waals surface area (Å²) in [4.78, 5) is 0. The van der Waals surface area contributed by atoms with Crippen LogP contribution in [0.4, 0.5) is 4.39 Å². The fraction of sp³-hybridized carbons (Fsp3) is 0.273. The van der Waals surface area contributed by atoms with Gasteiger partial charge in [0.15, 0.2) is 4.67 Å². The van der Waals surface area contributed by atoms with Crippen molar-refractivity contribution in [2.24, 2.45) is 0 Å². The largest absolute Gasteiger partial charge is 0.479 e. The van der Waals surface area contributed by atoms with Gasteiger partial charge in [0, 0.05) is 0 Å². The Labute approximate surface area is 90.7 Å². The molecule has 74 valence electrons. The van der Waals surface area contributed by atoms with E-state index in [1.807, 2.05) is 6.08 Å². The predicted octanol–water partition coefficient (Wildman–Crippen LogP) is 3.91. The van der Waals surface area contributed by atoms with Gasteiger partial charge in [0.25, 0.3) is 0 Å². The minimum Gasteiger partial charge on any atom is -0.479 e. The summed E-state index contributed by atoms with van der Waals surface area (Å²) in [6.45, 7) is 0. The monoisotopic (exact) mass is 256 g/mol. The Morgan fingerprint density at radius 3 is 2.64 bits per heavy atom.